The second kappa shape index (κ2) is 46.8. The molecule has 0 N–H and O–H groups in total. The smallest absolute Gasteiger partial charge is 0.306 e. The van der Waals surface area contributed by atoms with Crippen molar-refractivity contribution in [2.75, 3.05) is 13.2 Å². The summed E-state index contributed by atoms with van der Waals surface area (Å²) in [5, 5.41) is 0. The van der Waals surface area contributed by atoms with E-state index in [0.717, 1.165) is 64.2 Å². The highest BCUT2D eigenvalue weighted by Crippen LogP contribution is 2.16. The van der Waals surface area contributed by atoms with Gasteiger partial charge in [-0.2, -0.15) is 0 Å². The fraction of sp³-hybridized carbons (Fsp3) is 0.902. The Morgan fingerprint density at radius 2 is 0.579 bits per heavy atom. The van der Waals surface area contributed by atoms with Crippen molar-refractivity contribution in [3.63, 3.8) is 0 Å². The zero-order valence-corrected chi connectivity index (χ0v) is 38.4. The molecule has 6 heteroatoms. The molecule has 0 saturated carbocycles. The molecule has 336 valence electrons. The minimum absolute atomic E-state index is 0.0682. The lowest BCUT2D eigenvalue weighted by Gasteiger charge is -2.18. The average Bonchev–Trinajstić information content (AvgIpc) is 3.21. The van der Waals surface area contributed by atoms with Gasteiger partial charge in [-0.25, -0.2) is 0 Å². The maximum absolute atomic E-state index is 12.7. The van der Waals surface area contributed by atoms with Gasteiger partial charge in [-0.05, 0) is 44.9 Å². The first kappa shape index (κ1) is 55.2. The number of hydrogen-bond donors (Lipinski definition) is 0. The molecule has 0 spiro atoms. The van der Waals surface area contributed by atoms with E-state index in [9.17, 15) is 14.4 Å². The quantitative estimate of drug-likeness (QED) is 0.0264. The number of allylic oxidation sites excluding steroid dienone is 2. The van der Waals surface area contributed by atoms with Crippen molar-refractivity contribution < 1.29 is 28.6 Å². The summed E-state index contributed by atoms with van der Waals surface area (Å²) >= 11 is 0. The molecule has 0 radical (unpaired) electrons. The summed E-state index contributed by atoms with van der Waals surface area (Å²) in [6.07, 6.45) is 50.6. The van der Waals surface area contributed by atoms with Gasteiger partial charge in [0.25, 0.3) is 0 Å². The summed E-state index contributed by atoms with van der Waals surface area (Å²) in [7, 11) is 0. The predicted molar refractivity (Wildman–Crippen MR) is 243 cm³/mol. The highest BCUT2D eigenvalue weighted by atomic mass is 16.6. The van der Waals surface area contributed by atoms with Crippen LogP contribution in [0.25, 0.3) is 0 Å². The number of ether oxygens (including phenoxy) is 3. The monoisotopic (exact) mass is 805 g/mol. The maximum Gasteiger partial charge on any atom is 0.306 e. The molecule has 0 aromatic carbocycles. The molecule has 0 bridgehead atoms. The van der Waals surface area contributed by atoms with Crippen molar-refractivity contribution in [1.29, 1.82) is 0 Å². The molecule has 0 aromatic heterocycles. The molecule has 0 aliphatic heterocycles. The van der Waals surface area contributed by atoms with E-state index in [1.54, 1.807) is 0 Å². The van der Waals surface area contributed by atoms with E-state index in [4.69, 9.17) is 14.2 Å². The van der Waals surface area contributed by atoms with Gasteiger partial charge in [-0.1, -0.05) is 226 Å². The van der Waals surface area contributed by atoms with Gasteiger partial charge >= 0.3 is 17.9 Å². The van der Waals surface area contributed by atoms with Gasteiger partial charge < -0.3 is 14.2 Å². The number of carbonyl (C=O) groups excluding carboxylic acids is 3. The molecule has 0 aromatic rings. The Morgan fingerprint density at radius 3 is 0.877 bits per heavy atom. The predicted octanol–water partition coefficient (Wildman–Crippen LogP) is 16.2. The standard InChI is InChI=1S/C51H96O6/c1-4-7-10-13-16-19-21-23-25-27-28-30-32-35-38-41-44-50(53)56-47-48(46-55-49(52)43-40-37-34-18-15-12-9-6-3)57-51(54)45-42-39-36-33-31-29-26-24-22-20-17-14-11-8-5-2/h25,27,48H,4-24,26,28-47H2,1-3H3/b27-25-. The molecule has 1 unspecified atom stereocenters. The Bertz CT molecular complexity index is 885. The lowest BCUT2D eigenvalue weighted by molar-refractivity contribution is -0.167. The second-order valence-electron chi connectivity index (χ2n) is 17.1. The van der Waals surface area contributed by atoms with Crippen molar-refractivity contribution in [2.24, 2.45) is 0 Å². The molecule has 0 fully saturated rings. The number of esters is 3. The van der Waals surface area contributed by atoms with Crippen LogP contribution in [0.15, 0.2) is 12.2 Å². The molecular weight excluding hydrogens is 709 g/mol. The Morgan fingerprint density at radius 1 is 0.333 bits per heavy atom. The normalized spacial score (nSPS) is 12.0. The minimum Gasteiger partial charge on any atom is -0.462 e. The number of carbonyl (C=O) groups is 3. The van der Waals surface area contributed by atoms with Gasteiger partial charge in [-0.15, -0.1) is 0 Å². The van der Waals surface area contributed by atoms with E-state index in [2.05, 4.69) is 32.9 Å². The van der Waals surface area contributed by atoms with Crippen LogP contribution in [0.5, 0.6) is 0 Å². The summed E-state index contributed by atoms with van der Waals surface area (Å²) in [4.78, 5) is 37.8. The summed E-state index contributed by atoms with van der Waals surface area (Å²) < 4.78 is 16.7. The van der Waals surface area contributed by atoms with Crippen LogP contribution >= 0.6 is 0 Å². The van der Waals surface area contributed by atoms with E-state index in [0.29, 0.717) is 19.3 Å². The highest BCUT2D eigenvalue weighted by molar-refractivity contribution is 5.71. The third kappa shape index (κ3) is 45.1. The fourth-order valence-corrected chi connectivity index (χ4v) is 7.44. The second-order valence-corrected chi connectivity index (χ2v) is 17.1. The largest absolute Gasteiger partial charge is 0.462 e. The van der Waals surface area contributed by atoms with Crippen LogP contribution in [0.1, 0.15) is 278 Å². The first-order valence-electron chi connectivity index (χ1n) is 25.2. The van der Waals surface area contributed by atoms with Crippen LogP contribution in [-0.2, 0) is 28.6 Å². The Balaban J connectivity index is 4.27. The number of unbranched alkanes of at least 4 members (excludes halogenated alkanes) is 33. The van der Waals surface area contributed by atoms with Crippen LogP contribution in [0, 0.1) is 0 Å². The average molecular weight is 805 g/mol. The molecule has 0 aliphatic rings. The zero-order valence-electron chi connectivity index (χ0n) is 38.4. The minimum atomic E-state index is -0.765. The molecule has 6 nitrogen and oxygen atoms in total. The molecule has 0 saturated heterocycles. The Labute approximate surface area is 354 Å². The van der Waals surface area contributed by atoms with Gasteiger partial charge in [0, 0.05) is 19.3 Å². The van der Waals surface area contributed by atoms with Crippen molar-refractivity contribution in [2.45, 2.75) is 284 Å². The Hall–Kier alpha value is -1.85. The van der Waals surface area contributed by atoms with Gasteiger partial charge in [-0.3, -0.25) is 14.4 Å². The van der Waals surface area contributed by atoms with Crippen LogP contribution in [-0.4, -0.2) is 37.2 Å². The number of rotatable bonds is 46. The molecule has 0 heterocycles. The van der Waals surface area contributed by atoms with Crippen LogP contribution in [0.2, 0.25) is 0 Å². The molecule has 57 heavy (non-hydrogen) atoms. The first-order chi connectivity index (χ1) is 28.0. The molecule has 0 aliphatic carbocycles. The van der Waals surface area contributed by atoms with Crippen LogP contribution in [0.4, 0.5) is 0 Å². The van der Waals surface area contributed by atoms with Gasteiger partial charge in [0.05, 0.1) is 0 Å². The van der Waals surface area contributed by atoms with Gasteiger partial charge in [0.1, 0.15) is 13.2 Å². The Kier molecular flexibility index (Phi) is 45.3. The third-order valence-corrected chi connectivity index (χ3v) is 11.3. The lowest BCUT2D eigenvalue weighted by Crippen LogP contribution is -2.30. The van der Waals surface area contributed by atoms with E-state index in [1.165, 1.54) is 173 Å². The van der Waals surface area contributed by atoms with Crippen LogP contribution < -0.4 is 0 Å². The number of hydrogen-bond acceptors (Lipinski definition) is 6. The SMILES string of the molecule is CCCCCCCCC/C=C\CCCCCCCC(=O)OCC(COC(=O)CCCCCCCCCC)OC(=O)CCCCCCCCCCCCCCCCC. The van der Waals surface area contributed by atoms with Crippen molar-refractivity contribution in [1.82, 2.24) is 0 Å². The van der Waals surface area contributed by atoms with Crippen molar-refractivity contribution in [3.05, 3.63) is 12.2 Å². The summed E-state index contributed by atoms with van der Waals surface area (Å²) in [5.41, 5.74) is 0. The topological polar surface area (TPSA) is 78.9 Å². The first-order valence-corrected chi connectivity index (χ1v) is 25.2. The summed E-state index contributed by atoms with van der Waals surface area (Å²) in [5.74, 6) is -0.867. The fourth-order valence-electron chi connectivity index (χ4n) is 7.44. The molecule has 0 rings (SSSR count). The zero-order chi connectivity index (χ0) is 41.5. The van der Waals surface area contributed by atoms with Crippen molar-refractivity contribution >= 4 is 17.9 Å². The summed E-state index contributed by atoms with van der Waals surface area (Å²) in [6.45, 7) is 6.63. The summed E-state index contributed by atoms with van der Waals surface area (Å²) in [6, 6.07) is 0. The molecular formula is C51H96O6. The molecule has 0 amide bonds. The van der Waals surface area contributed by atoms with E-state index in [-0.39, 0.29) is 31.1 Å². The third-order valence-electron chi connectivity index (χ3n) is 11.3. The van der Waals surface area contributed by atoms with E-state index >= 15 is 0 Å². The maximum atomic E-state index is 12.7. The van der Waals surface area contributed by atoms with E-state index < -0.39 is 6.10 Å². The highest BCUT2D eigenvalue weighted by Gasteiger charge is 2.19. The van der Waals surface area contributed by atoms with Crippen molar-refractivity contribution in [3.8, 4) is 0 Å². The lowest BCUT2D eigenvalue weighted by atomic mass is 10.0. The van der Waals surface area contributed by atoms with E-state index in [1.807, 2.05) is 0 Å². The van der Waals surface area contributed by atoms with Crippen LogP contribution in [0.3, 0.4) is 0 Å². The van der Waals surface area contributed by atoms with Gasteiger partial charge in [0.2, 0.25) is 0 Å². The molecule has 1 atom stereocenters. The van der Waals surface area contributed by atoms with Gasteiger partial charge in [0.15, 0.2) is 6.10 Å².